The Morgan fingerprint density at radius 1 is 1.23 bits per heavy atom. The molecule has 1 heterocycles. The van der Waals surface area contributed by atoms with Crippen molar-refractivity contribution in [3.05, 3.63) is 64.9 Å². The number of hydrogen-bond acceptors (Lipinski definition) is 3. The summed E-state index contributed by atoms with van der Waals surface area (Å²) in [6.45, 7) is 1.03. The van der Waals surface area contributed by atoms with E-state index in [0.717, 1.165) is 11.0 Å². The molecule has 1 atom stereocenters. The highest BCUT2D eigenvalue weighted by Crippen LogP contribution is 2.33. The van der Waals surface area contributed by atoms with E-state index in [1.807, 2.05) is 0 Å². The fourth-order valence-electron chi connectivity index (χ4n) is 2.80. The third-order valence-electron chi connectivity index (χ3n) is 4.10. The second-order valence-electron chi connectivity index (χ2n) is 5.98. The molecule has 0 radical (unpaired) electrons. The third kappa shape index (κ3) is 3.25. The first kappa shape index (κ1) is 17.9. The van der Waals surface area contributed by atoms with Crippen molar-refractivity contribution in [3.8, 4) is 0 Å². The molecule has 0 spiro atoms. The molecule has 26 heavy (non-hydrogen) atoms. The summed E-state index contributed by atoms with van der Waals surface area (Å²) in [4.78, 5) is 38.0. The first-order valence-corrected chi connectivity index (χ1v) is 8.13. The largest absolute Gasteiger partial charge is 0.325 e. The summed E-state index contributed by atoms with van der Waals surface area (Å²) in [7, 11) is 0. The molecule has 6 nitrogen and oxygen atoms in total. The molecule has 0 aromatic heterocycles. The highest BCUT2D eigenvalue weighted by atomic mass is 35.5. The van der Waals surface area contributed by atoms with Crippen molar-refractivity contribution < 1.29 is 18.8 Å². The lowest BCUT2D eigenvalue weighted by Gasteiger charge is -2.23. The van der Waals surface area contributed by atoms with E-state index in [9.17, 15) is 18.8 Å². The average Bonchev–Trinajstić information content (AvgIpc) is 2.79. The van der Waals surface area contributed by atoms with E-state index in [2.05, 4.69) is 10.6 Å². The number of benzene rings is 2. The van der Waals surface area contributed by atoms with Crippen LogP contribution in [0.1, 0.15) is 12.5 Å². The molecule has 0 bridgehead atoms. The van der Waals surface area contributed by atoms with E-state index in [1.54, 1.807) is 24.3 Å². The lowest BCUT2D eigenvalue weighted by molar-refractivity contribution is -0.133. The number of hydrogen-bond donors (Lipinski definition) is 2. The van der Waals surface area contributed by atoms with E-state index in [0.29, 0.717) is 10.6 Å². The van der Waals surface area contributed by atoms with Gasteiger partial charge in [0, 0.05) is 16.3 Å². The van der Waals surface area contributed by atoms with Crippen LogP contribution in [0.2, 0.25) is 5.02 Å². The number of anilines is 1. The standard InChI is InChI=1S/C18H15ClFN3O3/c1-18(13-7-2-3-8-14(13)19)16(25)23(17(26)22-18)10-15(24)21-12-6-4-5-11(20)9-12/h2-9H,10H2,1H3,(H,21,24)(H,22,26)/t18-/m1/s1. The Morgan fingerprint density at radius 3 is 2.65 bits per heavy atom. The maximum atomic E-state index is 13.2. The summed E-state index contributed by atoms with van der Waals surface area (Å²) in [5.41, 5.74) is -0.696. The van der Waals surface area contributed by atoms with Gasteiger partial charge >= 0.3 is 6.03 Å². The molecule has 2 N–H and O–H groups in total. The molecule has 3 rings (SSSR count). The molecule has 2 aromatic carbocycles. The number of nitrogens with one attached hydrogen (secondary N) is 2. The van der Waals surface area contributed by atoms with Crippen LogP contribution in [-0.2, 0) is 15.1 Å². The molecule has 0 saturated carbocycles. The van der Waals surface area contributed by atoms with Crippen molar-refractivity contribution in [2.45, 2.75) is 12.5 Å². The highest BCUT2D eigenvalue weighted by Gasteiger charge is 2.50. The lowest BCUT2D eigenvalue weighted by atomic mass is 9.92. The first-order chi connectivity index (χ1) is 12.3. The summed E-state index contributed by atoms with van der Waals surface area (Å²) in [6.07, 6.45) is 0. The summed E-state index contributed by atoms with van der Waals surface area (Å²) in [5.74, 6) is -1.73. The molecule has 1 aliphatic rings. The number of rotatable bonds is 4. The first-order valence-electron chi connectivity index (χ1n) is 7.76. The second-order valence-corrected chi connectivity index (χ2v) is 6.39. The van der Waals surface area contributed by atoms with Crippen molar-refractivity contribution >= 4 is 35.1 Å². The zero-order valence-electron chi connectivity index (χ0n) is 13.8. The molecule has 2 aromatic rings. The van der Waals surface area contributed by atoms with Crippen LogP contribution in [0.15, 0.2) is 48.5 Å². The maximum absolute atomic E-state index is 13.2. The van der Waals surface area contributed by atoms with E-state index in [-0.39, 0.29) is 5.69 Å². The molecule has 0 aliphatic carbocycles. The summed E-state index contributed by atoms with van der Waals surface area (Å²) in [5, 5.41) is 5.36. The fourth-order valence-corrected chi connectivity index (χ4v) is 3.12. The van der Waals surface area contributed by atoms with Crippen molar-refractivity contribution in [2.75, 3.05) is 11.9 Å². The smallest absolute Gasteiger partial charge is 0.324 e. The minimum Gasteiger partial charge on any atom is -0.324 e. The number of nitrogens with zero attached hydrogens (tertiary/aromatic N) is 1. The van der Waals surface area contributed by atoms with Gasteiger partial charge in [0.25, 0.3) is 5.91 Å². The van der Waals surface area contributed by atoms with Crippen LogP contribution >= 0.6 is 11.6 Å². The van der Waals surface area contributed by atoms with Crippen LogP contribution in [0.5, 0.6) is 0 Å². The predicted molar refractivity (Wildman–Crippen MR) is 94.1 cm³/mol. The Morgan fingerprint density at radius 2 is 1.96 bits per heavy atom. The molecular weight excluding hydrogens is 361 g/mol. The van der Waals surface area contributed by atoms with Gasteiger partial charge in [0.15, 0.2) is 0 Å². The summed E-state index contributed by atoms with van der Waals surface area (Å²) in [6, 6.07) is 11.3. The van der Waals surface area contributed by atoms with Crippen LogP contribution < -0.4 is 10.6 Å². The number of carbonyl (C=O) groups is 3. The molecule has 4 amide bonds. The number of urea groups is 1. The normalized spacial score (nSPS) is 19.4. The van der Waals surface area contributed by atoms with Crippen LogP contribution in [0.3, 0.4) is 0 Å². The van der Waals surface area contributed by atoms with Gasteiger partial charge in [0.1, 0.15) is 17.9 Å². The Hall–Kier alpha value is -2.93. The van der Waals surface area contributed by atoms with Crippen molar-refractivity contribution in [1.82, 2.24) is 10.2 Å². The van der Waals surface area contributed by atoms with Gasteiger partial charge in [0.05, 0.1) is 0 Å². The van der Waals surface area contributed by atoms with Gasteiger partial charge in [-0.1, -0.05) is 35.9 Å². The molecular formula is C18H15ClFN3O3. The quantitative estimate of drug-likeness (QED) is 0.806. The van der Waals surface area contributed by atoms with Crippen molar-refractivity contribution in [3.63, 3.8) is 0 Å². The van der Waals surface area contributed by atoms with E-state index in [4.69, 9.17) is 11.6 Å². The van der Waals surface area contributed by atoms with Crippen LogP contribution in [0.4, 0.5) is 14.9 Å². The van der Waals surface area contributed by atoms with E-state index in [1.165, 1.54) is 25.1 Å². The van der Waals surface area contributed by atoms with Gasteiger partial charge < -0.3 is 10.6 Å². The Balaban J connectivity index is 1.77. The van der Waals surface area contributed by atoms with Crippen molar-refractivity contribution in [2.24, 2.45) is 0 Å². The molecule has 0 unspecified atom stereocenters. The van der Waals surface area contributed by atoms with E-state index >= 15 is 0 Å². The van der Waals surface area contributed by atoms with Gasteiger partial charge in [-0.25, -0.2) is 9.18 Å². The van der Waals surface area contributed by atoms with Crippen molar-refractivity contribution in [1.29, 1.82) is 0 Å². The SMILES string of the molecule is C[C@]1(c2ccccc2Cl)NC(=O)N(CC(=O)Nc2cccc(F)c2)C1=O. The predicted octanol–water partition coefficient (Wildman–Crippen LogP) is 2.88. The van der Waals surface area contributed by atoms with E-state index < -0.39 is 35.7 Å². The molecule has 1 fully saturated rings. The molecule has 8 heteroatoms. The number of imide groups is 1. The molecule has 1 aliphatic heterocycles. The monoisotopic (exact) mass is 375 g/mol. The Bertz CT molecular complexity index is 905. The van der Waals surface area contributed by atoms with Gasteiger partial charge in [0.2, 0.25) is 5.91 Å². The zero-order chi connectivity index (χ0) is 18.9. The van der Waals surface area contributed by atoms with Gasteiger partial charge in [-0.3, -0.25) is 14.5 Å². The maximum Gasteiger partial charge on any atom is 0.325 e. The second kappa shape index (κ2) is 6.76. The third-order valence-corrected chi connectivity index (χ3v) is 4.43. The van der Waals surface area contributed by atoms with Gasteiger partial charge in [-0.05, 0) is 31.2 Å². The van der Waals surface area contributed by atoms with Crippen LogP contribution in [0, 0.1) is 5.82 Å². The number of amides is 4. The molecule has 134 valence electrons. The van der Waals surface area contributed by atoms with Gasteiger partial charge in [-0.2, -0.15) is 0 Å². The average molecular weight is 376 g/mol. The van der Waals surface area contributed by atoms with Crippen LogP contribution in [-0.4, -0.2) is 29.3 Å². The minimum absolute atomic E-state index is 0.232. The zero-order valence-corrected chi connectivity index (χ0v) is 14.5. The molecule has 1 saturated heterocycles. The summed E-state index contributed by atoms with van der Waals surface area (Å²) >= 11 is 6.15. The lowest BCUT2D eigenvalue weighted by Crippen LogP contribution is -2.42. The topological polar surface area (TPSA) is 78.5 Å². The minimum atomic E-state index is -1.37. The van der Waals surface area contributed by atoms with Gasteiger partial charge in [-0.15, -0.1) is 0 Å². The highest BCUT2D eigenvalue weighted by molar-refractivity contribution is 6.32. The Labute approximate surface area is 153 Å². The van der Waals surface area contributed by atoms with Crippen LogP contribution in [0.25, 0.3) is 0 Å². The number of carbonyl (C=O) groups excluding carboxylic acids is 3. The number of halogens is 2. The fraction of sp³-hybridized carbons (Fsp3) is 0.167. The Kier molecular flexibility index (Phi) is 4.65. The summed E-state index contributed by atoms with van der Waals surface area (Å²) < 4.78 is 13.2.